The third-order valence-corrected chi connectivity index (χ3v) is 2.02. The van der Waals surface area contributed by atoms with Crippen LogP contribution < -0.4 is 5.43 Å². The van der Waals surface area contributed by atoms with Crippen molar-refractivity contribution >= 4 is 17.7 Å². The van der Waals surface area contributed by atoms with Gasteiger partial charge in [0.2, 0.25) is 5.91 Å². The maximum Gasteiger partial charge on any atom is 0.279 e. The summed E-state index contributed by atoms with van der Waals surface area (Å²) < 4.78 is 0. The van der Waals surface area contributed by atoms with E-state index in [-0.39, 0.29) is 6.42 Å². The van der Waals surface area contributed by atoms with Gasteiger partial charge in [0.1, 0.15) is 6.42 Å². The first-order chi connectivity index (χ1) is 7.18. The van der Waals surface area contributed by atoms with Crippen molar-refractivity contribution in [1.29, 1.82) is 0 Å². The molecule has 1 saturated heterocycles. The average molecular weight is 204 g/mol. The standard InChI is InChI=1S/C10H8N2O3/c13-8-6-9(14)12(11-8)10(15)7-4-2-1-3-5-7/h1-5H,6H2,(H,11,13). The molecule has 15 heavy (non-hydrogen) atoms. The minimum atomic E-state index is -0.520. The lowest BCUT2D eigenvalue weighted by Crippen LogP contribution is -2.41. The molecule has 0 aromatic heterocycles. The molecular formula is C10H8N2O3. The first-order valence-electron chi connectivity index (χ1n) is 4.40. The van der Waals surface area contributed by atoms with Crippen LogP contribution in [0.1, 0.15) is 16.8 Å². The van der Waals surface area contributed by atoms with E-state index in [4.69, 9.17) is 0 Å². The van der Waals surface area contributed by atoms with Crippen LogP contribution in [-0.4, -0.2) is 22.7 Å². The molecule has 1 aromatic rings. The molecule has 3 amide bonds. The minimum Gasteiger partial charge on any atom is -0.273 e. The zero-order valence-electron chi connectivity index (χ0n) is 7.77. The fourth-order valence-electron chi connectivity index (χ4n) is 1.32. The highest BCUT2D eigenvalue weighted by Gasteiger charge is 2.32. The summed E-state index contributed by atoms with van der Waals surface area (Å²) in [6, 6.07) is 8.31. The number of carbonyl (C=O) groups is 3. The first-order valence-corrected chi connectivity index (χ1v) is 4.40. The SMILES string of the molecule is O=C1CC(=O)N(C(=O)c2ccccc2)N1. The Labute approximate surface area is 85.6 Å². The van der Waals surface area contributed by atoms with Crippen LogP contribution in [0.5, 0.6) is 0 Å². The van der Waals surface area contributed by atoms with Crippen molar-refractivity contribution in [3.05, 3.63) is 35.9 Å². The van der Waals surface area contributed by atoms with Crippen LogP contribution in [-0.2, 0) is 9.59 Å². The Kier molecular flexibility index (Phi) is 2.21. The van der Waals surface area contributed by atoms with Gasteiger partial charge in [0.25, 0.3) is 11.8 Å². The van der Waals surface area contributed by atoms with Crippen LogP contribution in [0.15, 0.2) is 30.3 Å². The first kappa shape index (κ1) is 9.39. The van der Waals surface area contributed by atoms with Crippen molar-refractivity contribution < 1.29 is 14.4 Å². The summed E-state index contributed by atoms with van der Waals surface area (Å²) >= 11 is 0. The number of hydrogen-bond acceptors (Lipinski definition) is 3. The molecule has 0 aliphatic carbocycles. The molecule has 0 atom stereocenters. The normalized spacial score (nSPS) is 15.3. The average Bonchev–Trinajstić information content (AvgIpc) is 2.58. The Balaban J connectivity index is 2.23. The second-order valence-electron chi connectivity index (χ2n) is 3.11. The van der Waals surface area contributed by atoms with E-state index < -0.39 is 17.7 Å². The van der Waals surface area contributed by atoms with E-state index in [0.717, 1.165) is 5.01 Å². The van der Waals surface area contributed by atoms with E-state index in [2.05, 4.69) is 5.43 Å². The van der Waals surface area contributed by atoms with Gasteiger partial charge in [-0.3, -0.25) is 19.8 Å². The van der Waals surface area contributed by atoms with Gasteiger partial charge in [-0.25, -0.2) is 0 Å². The topological polar surface area (TPSA) is 66.5 Å². The van der Waals surface area contributed by atoms with E-state index in [1.165, 1.54) is 0 Å². The van der Waals surface area contributed by atoms with Gasteiger partial charge in [0.05, 0.1) is 0 Å². The second kappa shape index (κ2) is 3.53. The molecule has 5 nitrogen and oxygen atoms in total. The van der Waals surface area contributed by atoms with E-state index >= 15 is 0 Å². The highest BCUT2D eigenvalue weighted by Crippen LogP contribution is 2.08. The van der Waals surface area contributed by atoms with Crippen molar-refractivity contribution in [1.82, 2.24) is 10.4 Å². The molecular weight excluding hydrogens is 196 g/mol. The smallest absolute Gasteiger partial charge is 0.273 e. The summed E-state index contributed by atoms with van der Waals surface area (Å²) in [5.74, 6) is -1.48. The third kappa shape index (κ3) is 1.71. The molecule has 0 unspecified atom stereocenters. The van der Waals surface area contributed by atoms with Gasteiger partial charge in [0, 0.05) is 5.56 Å². The van der Waals surface area contributed by atoms with E-state index in [1.54, 1.807) is 30.3 Å². The van der Waals surface area contributed by atoms with Gasteiger partial charge in [-0.1, -0.05) is 18.2 Å². The number of benzene rings is 1. The highest BCUT2D eigenvalue weighted by atomic mass is 16.2. The second-order valence-corrected chi connectivity index (χ2v) is 3.11. The molecule has 76 valence electrons. The molecule has 5 heteroatoms. The predicted molar refractivity (Wildman–Crippen MR) is 50.4 cm³/mol. The van der Waals surface area contributed by atoms with Gasteiger partial charge in [0.15, 0.2) is 0 Å². The molecule has 1 heterocycles. The fourth-order valence-corrected chi connectivity index (χ4v) is 1.32. The Hall–Kier alpha value is -2.17. The summed E-state index contributed by atoms with van der Waals surface area (Å²) in [7, 11) is 0. The molecule has 0 radical (unpaired) electrons. The maximum absolute atomic E-state index is 11.7. The van der Waals surface area contributed by atoms with Gasteiger partial charge in [-0.05, 0) is 12.1 Å². The van der Waals surface area contributed by atoms with Gasteiger partial charge in [-0.15, -0.1) is 0 Å². The van der Waals surface area contributed by atoms with Crippen molar-refractivity contribution in [2.75, 3.05) is 0 Å². The van der Waals surface area contributed by atoms with E-state index in [9.17, 15) is 14.4 Å². The van der Waals surface area contributed by atoms with E-state index in [0.29, 0.717) is 5.56 Å². The summed E-state index contributed by atoms with van der Waals surface area (Å²) in [5, 5.41) is 0.748. The Morgan fingerprint density at radius 3 is 2.40 bits per heavy atom. The molecule has 1 N–H and O–H groups in total. The molecule has 1 fully saturated rings. The molecule has 0 bridgehead atoms. The predicted octanol–water partition coefficient (Wildman–Crippen LogP) is 0.0903. The molecule has 1 aliphatic heterocycles. The van der Waals surface area contributed by atoms with Crippen LogP contribution in [0.4, 0.5) is 0 Å². The lowest BCUT2D eigenvalue weighted by Gasteiger charge is -2.12. The molecule has 2 rings (SSSR count). The molecule has 1 aliphatic rings. The lowest BCUT2D eigenvalue weighted by atomic mass is 10.2. The minimum absolute atomic E-state index is 0.265. The number of imide groups is 1. The van der Waals surface area contributed by atoms with Crippen LogP contribution in [0.3, 0.4) is 0 Å². The quantitative estimate of drug-likeness (QED) is 0.520. The van der Waals surface area contributed by atoms with Crippen LogP contribution in [0.25, 0.3) is 0 Å². The third-order valence-electron chi connectivity index (χ3n) is 2.02. The van der Waals surface area contributed by atoms with Crippen LogP contribution in [0, 0.1) is 0 Å². The zero-order valence-corrected chi connectivity index (χ0v) is 7.77. The Morgan fingerprint density at radius 1 is 1.20 bits per heavy atom. The number of nitrogens with zero attached hydrogens (tertiary/aromatic N) is 1. The molecule has 1 aromatic carbocycles. The molecule has 0 saturated carbocycles. The van der Waals surface area contributed by atoms with E-state index in [1.807, 2.05) is 0 Å². The largest absolute Gasteiger partial charge is 0.279 e. The highest BCUT2D eigenvalue weighted by molar-refractivity contribution is 6.13. The van der Waals surface area contributed by atoms with Gasteiger partial charge in [-0.2, -0.15) is 5.01 Å². The van der Waals surface area contributed by atoms with Gasteiger partial charge < -0.3 is 0 Å². The number of amides is 3. The maximum atomic E-state index is 11.7. The van der Waals surface area contributed by atoms with Crippen LogP contribution >= 0.6 is 0 Å². The fraction of sp³-hybridized carbons (Fsp3) is 0.100. The number of carbonyl (C=O) groups excluding carboxylic acids is 3. The summed E-state index contributed by atoms with van der Waals surface area (Å²) in [6.45, 7) is 0. The monoisotopic (exact) mass is 204 g/mol. The number of rotatable bonds is 1. The number of hydrogen-bond donors (Lipinski definition) is 1. The van der Waals surface area contributed by atoms with Crippen molar-refractivity contribution in [3.63, 3.8) is 0 Å². The van der Waals surface area contributed by atoms with Gasteiger partial charge >= 0.3 is 0 Å². The zero-order chi connectivity index (χ0) is 10.8. The molecule has 0 spiro atoms. The van der Waals surface area contributed by atoms with Crippen molar-refractivity contribution in [3.8, 4) is 0 Å². The lowest BCUT2D eigenvalue weighted by molar-refractivity contribution is -0.126. The summed E-state index contributed by atoms with van der Waals surface area (Å²) in [4.78, 5) is 33.8. The summed E-state index contributed by atoms with van der Waals surface area (Å²) in [6.07, 6.45) is -0.265. The van der Waals surface area contributed by atoms with Crippen molar-refractivity contribution in [2.45, 2.75) is 6.42 Å². The van der Waals surface area contributed by atoms with Crippen molar-refractivity contribution in [2.24, 2.45) is 0 Å². The Bertz CT molecular complexity index is 428. The summed E-state index contributed by atoms with van der Waals surface area (Å²) in [5.41, 5.74) is 2.57. The Morgan fingerprint density at radius 2 is 1.87 bits per heavy atom. The number of nitrogens with one attached hydrogen (secondary N) is 1. The van der Waals surface area contributed by atoms with Crippen LogP contribution in [0.2, 0.25) is 0 Å². The number of hydrazine groups is 1.